The van der Waals surface area contributed by atoms with E-state index in [1.807, 2.05) is 6.19 Å². The smallest absolute Gasteiger partial charge is 0.207 e. The number of rotatable bonds is 2. The molecular weight excluding hydrogens is 260 g/mol. The standard InChI is InChI=1S/C17H26N4/c18-13-16(15-9-5-2-1-3-6-10-15)17(20-14-19)21-11-7-4-8-12-21/h15-16H,1-12H2/b20-17-. The molecule has 1 unspecified atom stereocenters. The number of nitrogens with zero attached hydrogens (tertiary/aromatic N) is 4. The predicted octanol–water partition coefficient (Wildman–Crippen LogP) is 3.85. The third-order valence-corrected chi connectivity index (χ3v) is 4.88. The van der Waals surface area contributed by atoms with Crippen molar-refractivity contribution in [3.63, 3.8) is 0 Å². The van der Waals surface area contributed by atoms with Crippen LogP contribution >= 0.6 is 0 Å². The minimum atomic E-state index is -0.194. The molecule has 0 aromatic heterocycles. The zero-order valence-electron chi connectivity index (χ0n) is 12.9. The van der Waals surface area contributed by atoms with Crippen LogP contribution in [0.25, 0.3) is 0 Å². The summed E-state index contributed by atoms with van der Waals surface area (Å²) >= 11 is 0. The Hall–Kier alpha value is -1.55. The Kier molecular flexibility index (Phi) is 6.54. The molecule has 0 aromatic rings. The average Bonchev–Trinajstić information content (AvgIpc) is 2.49. The first-order valence-corrected chi connectivity index (χ1v) is 8.48. The van der Waals surface area contributed by atoms with Crippen molar-refractivity contribution in [1.82, 2.24) is 4.90 Å². The summed E-state index contributed by atoms with van der Waals surface area (Å²) in [5.74, 6) is 0.940. The summed E-state index contributed by atoms with van der Waals surface area (Å²) in [6, 6.07) is 2.48. The van der Waals surface area contributed by atoms with Crippen molar-refractivity contribution in [2.45, 2.75) is 64.2 Å². The van der Waals surface area contributed by atoms with Crippen LogP contribution in [0.2, 0.25) is 0 Å². The van der Waals surface area contributed by atoms with Gasteiger partial charge in [0.2, 0.25) is 6.19 Å². The summed E-state index contributed by atoms with van der Waals surface area (Å²) in [5, 5.41) is 18.7. The second kappa shape index (κ2) is 8.67. The fraction of sp³-hybridized carbons (Fsp3) is 0.824. The number of aliphatic imine (C=N–C) groups is 1. The monoisotopic (exact) mass is 286 g/mol. The molecule has 4 nitrogen and oxygen atoms in total. The van der Waals surface area contributed by atoms with Gasteiger partial charge in [-0.25, -0.2) is 0 Å². The van der Waals surface area contributed by atoms with Crippen molar-refractivity contribution in [2.75, 3.05) is 13.1 Å². The fourth-order valence-electron chi connectivity index (χ4n) is 3.71. The molecule has 2 aliphatic rings. The molecule has 4 heteroatoms. The molecule has 1 atom stereocenters. The molecular formula is C17H26N4. The number of hydrogen-bond donors (Lipinski definition) is 0. The van der Waals surface area contributed by atoms with Gasteiger partial charge in [0, 0.05) is 13.1 Å². The Labute approximate surface area is 128 Å². The molecule has 0 spiro atoms. The highest BCUT2D eigenvalue weighted by Gasteiger charge is 2.30. The molecule has 2 rings (SSSR count). The molecule has 1 saturated carbocycles. The maximum Gasteiger partial charge on any atom is 0.207 e. The van der Waals surface area contributed by atoms with Crippen molar-refractivity contribution in [3.05, 3.63) is 0 Å². The van der Waals surface area contributed by atoms with Gasteiger partial charge < -0.3 is 4.90 Å². The van der Waals surface area contributed by atoms with Crippen molar-refractivity contribution in [3.8, 4) is 12.3 Å². The maximum atomic E-state index is 9.70. The summed E-state index contributed by atoms with van der Waals surface area (Å²) in [6.07, 6.45) is 14.0. The zero-order chi connectivity index (χ0) is 14.9. The first-order chi connectivity index (χ1) is 10.4. The van der Waals surface area contributed by atoms with E-state index in [0.29, 0.717) is 5.92 Å². The van der Waals surface area contributed by atoms with Crippen LogP contribution in [0.4, 0.5) is 0 Å². The highest BCUT2D eigenvalue weighted by Crippen LogP contribution is 2.30. The Morgan fingerprint density at radius 1 is 0.905 bits per heavy atom. The third-order valence-electron chi connectivity index (χ3n) is 4.88. The molecule has 1 saturated heterocycles. The Balaban J connectivity index is 2.12. The molecule has 0 aromatic carbocycles. The molecule has 0 radical (unpaired) electrons. The lowest BCUT2D eigenvalue weighted by molar-refractivity contribution is 0.298. The molecule has 1 heterocycles. The number of hydrogen-bond acceptors (Lipinski definition) is 3. The molecule has 114 valence electrons. The van der Waals surface area contributed by atoms with Gasteiger partial charge in [-0.05, 0) is 38.0 Å². The minimum Gasteiger partial charge on any atom is -0.358 e. The number of amidine groups is 1. The van der Waals surface area contributed by atoms with E-state index in [0.717, 1.165) is 44.6 Å². The quantitative estimate of drug-likeness (QED) is 0.440. The van der Waals surface area contributed by atoms with Gasteiger partial charge in [0.05, 0.1) is 6.07 Å². The predicted molar refractivity (Wildman–Crippen MR) is 83.4 cm³/mol. The first kappa shape index (κ1) is 15.8. The van der Waals surface area contributed by atoms with E-state index in [1.165, 1.54) is 38.5 Å². The highest BCUT2D eigenvalue weighted by atomic mass is 15.2. The van der Waals surface area contributed by atoms with E-state index in [4.69, 9.17) is 5.26 Å². The lowest BCUT2D eigenvalue weighted by Gasteiger charge is -2.34. The number of piperidine rings is 1. The van der Waals surface area contributed by atoms with Crippen LogP contribution in [0.3, 0.4) is 0 Å². The second-order valence-corrected chi connectivity index (χ2v) is 6.33. The molecule has 1 aliphatic carbocycles. The van der Waals surface area contributed by atoms with Gasteiger partial charge in [-0.2, -0.15) is 15.5 Å². The number of nitriles is 2. The van der Waals surface area contributed by atoms with E-state index in [2.05, 4.69) is 16.0 Å². The normalized spacial score (nSPS) is 23.5. The third kappa shape index (κ3) is 4.46. The maximum absolute atomic E-state index is 9.70. The van der Waals surface area contributed by atoms with Gasteiger partial charge in [-0.15, -0.1) is 0 Å². The summed E-state index contributed by atoms with van der Waals surface area (Å²) < 4.78 is 0. The van der Waals surface area contributed by atoms with E-state index in [1.54, 1.807) is 0 Å². The van der Waals surface area contributed by atoms with Crippen molar-refractivity contribution < 1.29 is 0 Å². The van der Waals surface area contributed by atoms with Crippen molar-refractivity contribution >= 4 is 5.84 Å². The lowest BCUT2D eigenvalue weighted by atomic mass is 9.81. The molecule has 1 aliphatic heterocycles. The van der Waals surface area contributed by atoms with Crippen molar-refractivity contribution in [1.29, 1.82) is 10.5 Å². The molecule has 21 heavy (non-hydrogen) atoms. The lowest BCUT2D eigenvalue weighted by Crippen LogP contribution is -2.41. The SMILES string of the molecule is N#C/N=C(/C(C#N)C1CCCCCCC1)N1CCCCC1. The van der Waals surface area contributed by atoms with Crippen LogP contribution in [0.1, 0.15) is 64.2 Å². The second-order valence-electron chi connectivity index (χ2n) is 6.33. The van der Waals surface area contributed by atoms with Crippen LogP contribution in [0.5, 0.6) is 0 Å². The average molecular weight is 286 g/mol. The summed E-state index contributed by atoms with van der Waals surface area (Å²) in [6.45, 7) is 1.90. The summed E-state index contributed by atoms with van der Waals surface area (Å²) in [5.41, 5.74) is 0. The molecule has 0 amide bonds. The van der Waals surface area contributed by atoms with E-state index in [-0.39, 0.29) is 5.92 Å². The van der Waals surface area contributed by atoms with Crippen LogP contribution in [0, 0.1) is 34.6 Å². The molecule has 0 N–H and O–H groups in total. The van der Waals surface area contributed by atoms with E-state index < -0.39 is 0 Å². The van der Waals surface area contributed by atoms with Crippen LogP contribution in [-0.2, 0) is 0 Å². The molecule has 0 bridgehead atoms. The van der Waals surface area contributed by atoms with Gasteiger partial charge in [-0.1, -0.05) is 32.1 Å². The van der Waals surface area contributed by atoms with E-state index >= 15 is 0 Å². The Morgan fingerprint density at radius 2 is 1.48 bits per heavy atom. The van der Waals surface area contributed by atoms with Gasteiger partial charge in [0.15, 0.2) is 0 Å². The molecule has 2 fully saturated rings. The van der Waals surface area contributed by atoms with Gasteiger partial charge >= 0.3 is 0 Å². The van der Waals surface area contributed by atoms with Crippen LogP contribution < -0.4 is 0 Å². The summed E-state index contributed by atoms with van der Waals surface area (Å²) in [7, 11) is 0. The van der Waals surface area contributed by atoms with Gasteiger partial charge in [-0.3, -0.25) is 0 Å². The Morgan fingerprint density at radius 3 is 2.05 bits per heavy atom. The highest BCUT2D eigenvalue weighted by molar-refractivity contribution is 5.88. The van der Waals surface area contributed by atoms with Crippen LogP contribution in [0.15, 0.2) is 4.99 Å². The fourth-order valence-corrected chi connectivity index (χ4v) is 3.71. The topological polar surface area (TPSA) is 63.2 Å². The number of likely N-dealkylation sites (tertiary alicyclic amines) is 1. The van der Waals surface area contributed by atoms with Gasteiger partial charge in [0.25, 0.3) is 0 Å². The largest absolute Gasteiger partial charge is 0.358 e. The zero-order valence-corrected chi connectivity index (χ0v) is 12.9. The van der Waals surface area contributed by atoms with Crippen LogP contribution in [-0.4, -0.2) is 23.8 Å². The first-order valence-electron chi connectivity index (χ1n) is 8.48. The van der Waals surface area contributed by atoms with Gasteiger partial charge in [0.1, 0.15) is 11.8 Å². The van der Waals surface area contributed by atoms with E-state index in [9.17, 15) is 5.26 Å². The summed E-state index contributed by atoms with van der Waals surface area (Å²) in [4.78, 5) is 6.27. The minimum absolute atomic E-state index is 0.194. The Bertz CT molecular complexity index is 415. The van der Waals surface area contributed by atoms with Crippen molar-refractivity contribution in [2.24, 2.45) is 16.8 Å².